The van der Waals surface area contributed by atoms with Crippen LogP contribution in [0.5, 0.6) is 5.75 Å². The Morgan fingerprint density at radius 2 is 1.95 bits per heavy atom. The van der Waals surface area contributed by atoms with E-state index in [1.807, 2.05) is 18.2 Å². The fourth-order valence-corrected chi connectivity index (χ4v) is 2.13. The first-order chi connectivity index (χ1) is 9.41. The first-order valence-electron chi connectivity index (χ1n) is 6.90. The Morgan fingerprint density at radius 1 is 1.20 bits per heavy atom. The van der Waals surface area contributed by atoms with E-state index in [1.54, 1.807) is 13.4 Å². The van der Waals surface area contributed by atoms with Crippen LogP contribution in [0.25, 0.3) is 0 Å². The molecule has 108 valence electrons. The minimum Gasteiger partial charge on any atom is -0.495 e. The predicted octanol–water partition coefficient (Wildman–Crippen LogP) is 4.76. The standard InChI is InChI=1S/C17H23NO2/c1-12(15-7-6-10-20-15)18-14-11-13(17(2,3)4)8-9-16(14)19-5/h6-12,18H,1-5H3. The summed E-state index contributed by atoms with van der Waals surface area (Å²) in [6.45, 7) is 8.68. The average Bonchev–Trinajstić information content (AvgIpc) is 2.91. The third kappa shape index (κ3) is 3.16. The Hall–Kier alpha value is -1.90. The second kappa shape index (κ2) is 5.61. The van der Waals surface area contributed by atoms with Crippen molar-refractivity contribution in [3.05, 3.63) is 47.9 Å². The molecule has 0 aliphatic heterocycles. The summed E-state index contributed by atoms with van der Waals surface area (Å²) in [5.74, 6) is 1.75. The molecular formula is C17H23NO2. The van der Waals surface area contributed by atoms with Crippen molar-refractivity contribution in [1.82, 2.24) is 0 Å². The molecule has 2 aromatic rings. The SMILES string of the molecule is COc1ccc(C(C)(C)C)cc1NC(C)c1ccco1. The average molecular weight is 273 g/mol. The Balaban J connectivity index is 2.29. The minimum absolute atomic E-state index is 0.0918. The van der Waals surface area contributed by atoms with Gasteiger partial charge in [-0.25, -0.2) is 0 Å². The molecule has 1 aromatic heterocycles. The van der Waals surface area contributed by atoms with Gasteiger partial charge in [0, 0.05) is 0 Å². The highest BCUT2D eigenvalue weighted by Crippen LogP contribution is 2.33. The molecule has 20 heavy (non-hydrogen) atoms. The summed E-state index contributed by atoms with van der Waals surface area (Å²) in [6.07, 6.45) is 1.69. The molecule has 0 bridgehead atoms. The molecule has 0 radical (unpaired) electrons. The molecule has 0 aliphatic rings. The molecule has 0 aliphatic carbocycles. The summed E-state index contributed by atoms with van der Waals surface area (Å²) in [5.41, 5.74) is 2.37. The molecule has 3 nitrogen and oxygen atoms in total. The van der Waals surface area contributed by atoms with Crippen molar-refractivity contribution in [3.63, 3.8) is 0 Å². The van der Waals surface area contributed by atoms with E-state index in [4.69, 9.17) is 9.15 Å². The van der Waals surface area contributed by atoms with Gasteiger partial charge in [0.25, 0.3) is 0 Å². The lowest BCUT2D eigenvalue weighted by molar-refractivity contribution is 0.414. The van der Waals surface area contributed by atoms with Crippen LogP contribution in [-0.4, -0.2) is 7.11 Å². The Labute approximate surface area is 121 Å². The van der Waals surface area contributed by atoms with Crippen molar-refractivity contribution in [2.45, 2.75) is 39.2 Å². The second-order valence-electron chi connectivity index (χ2n) is 6.05. The van der Waals surface area contributed by atoms with Gasteiger partial charge in [-0.15, -0.1) is 0 Å². The van der Waals surface area contributed by atoms with Crippen LogP contribution in [0.3, 0.4) is 0 Å². The van der Waals surface area contributed by atoms with Crippen LogP contribution in [0.1, 0.15) is 45.1 Å². The van der Waals surface area contributed by atoms with Crippen molar-refractivity contribution >= 4 is 5.69 Å². The summed E-state index contributed by atoms with van der Waals surface area (Å²) < 4.78 is 10.9. The summed E-state index contributed by atoms with van der Waals surface area (Å²) in [4.78, 5) is 0. The van der Waals surface area contributed by atoms with E-state index in [0.29, 0.717) is 0 Å². The van der Waals surface area contributed by atoms with Crippen LogP contribution in [0.4, 0.5) is 5.69 Å². The van der Waals surface area contributed by atoms with Gasteiger partial charge in [0.05, 0.1) is 25.1 Å². The second-order valence-corrected chi connectivity index (χ2v) is 6.05. The number of ether oxygens (including phenoxy) is 1. The van der Waals surface area contributed by atoms with Crippen LogP contribution in [0.2, 0.25) is 0 Å². The maximum atomic E-state index is 5.44. The summed E-state index contributed by atoms with van der Waals surface area (Å²) in [7, 11) is 1.69. The predicted molar refractivity (Wildman–Crippen MR) is 82.4 cm³/mol. The third-order valence-corrected chi connectivity index (χ3v) is 3.41. The van der Waals surface area contributed by atoms with E-state index >= 15 is 0 Å². The number of rotatable bonds is 4. The van der Waals surface area contributed by atoms with Gasteiger partial charge in [-0.05, 0) is 42.2 Å². The molecule has 0 saturated carbocycles. The van der Waals surface area contributed by atoms with Gasteiger partial charge < -0.3 is 14.5 Å². The lowest BCUT2D eigenvalue weighted by Crippen LogP contribution is -2.13. The molecule has 1 atom stereocenters. The lowest BCUT2D eigenvalue weighted by atomic mass is 9.86. The maximum absolute atomic E-state index is 5.44. The summed E-state index contributed by atoms with van der Waals surface area (Å²) >= 11 is 0. The molecule has 0 saturated heterocycles. The molecule has 0 amide bonds. The number of furan rings is 1. The highest BCUT2D eigenvalue weighted by atomic mass is 16.5. The van der Waals surface area contributed by atoms with E-state index in [9.17, 15) is 0 Å². The first-order valence-corrected chi connectivity index (χ1v) is 6.90. The molecule has 1 aromatic carbocycles. The minimum atomic E-state index is 0.0918. The fourth-order valence-electron chi connectivity index (χ4n) is 2.13. The molecular weight excluding hydrogens is 250 g/mol. The van der Waals surface area contributed by atoms with Gasteiger partial charge in [-0.3, -0.25) is 0 Å². The van der Waals surface area contributed by atoms with Crippen LogP contribution in [-0.2, 0) is 5.41 Å². The molecule has 0 fully saturated rings. The number of nitrogens with one attached hydrogen (secondary N) is 1. The Morgan fingerprint density at radius 3 is 2.50 bits per heavy atom. The molecule has 2 rings (SSSR count). The summed E-state index contributed by atoms with van der Waals surface area (Å²) in [6, 6.07) is 10.2. The normalized spacial score (nSPS) is 13.1. The van der Waals surface area contributed by atoms with E-state index < -0.39 is 0 Å². The van der Waals surface area contributed by atoms with Crippen molar-refractivity contribution in [2.75, 3.05) is 12.4 Å². The number of methoxy groups -OCH3 is 1. The van der Waals surface area contributed by atoms with Gasteiger partial charge in [0.1, 0.15) is 11.5 Å². The Kier molecular flexibility index (Phi) is 4.07. The number of hydrogen-bond acceptors (Lipinski definition) is 3. The van der Waals surface area contributed by atoms with Crippen LogP contribution in [0, 0.1) is 0 Å². The van der Waals surface area contributed by atoms with E-state index in [0.717, 1.165) is 17.2 Å². The topological polar surface area (TPSA) is 34.4 Å². The van der Waals surface area contributed by atoms with E-state index in [-0.39, 0.29) is 11.5 Å². The van der Waals surface area contributed by atoms with E-state index in [2.05, 4.69) is 45.1 Å². The van der Waals surface area contributed by atoms with Crippen molar-refractivity contribution in [2.24, 2.45) is 0 Å². The molecule has 1 unspecified atom stereocenters. The van der Waals surface area contributed by atoms with Crippen LogP contribution < -0.4 is 10.1 Å². The fraction of sp³-hybridized carbons (Fsp3) is 0.412. The van der Waals surface area contributed by atoms with Crippen LogP contribution >= 0.6 is 0 Å². The van der Waals surface area contributed by atoms with Gasteiger partial charge in [0.2, 0.25) is 0 Å². The third-order valence-electron chi connectivity index (χ3n) is 3.41. The van der Waals surface area contributed by atoms with Crippen molar-refractivity contribution in [3.8, 4) is 5.75 Å². The molecule has 3 heteroatoms. The zero-order chi connectivity index (χ0) is 14.8. The molecule has 0 spiro atoms. The highest BCUT2D eigenvalue weighted by Gasteiger charge is 2.17. The largest absolute Gasteiger partial charge is 0.495 e. The van der Waals surface area contributed by atoms with Crippen molar-refractivity contribution < 1.29 is 9.15 Å². The van der Waals surface area contributed by atoms with Gasteiger partial charge in [-0.2, -0.15) is 0 Å². The zero-order valence-electron chi connectivity index (χ0n) is 12.9. The molecule has 1 heterocycles. The van der Waals surface area contributed by atoms with Gasteiger partial charge in [-0.1, -0.05) is 26.8 Å². The quantitative estimate of drug-likeness (QED) is 0.872. The monoisotopic (exact) mass is 273 g/mol. The number of benzene rings is 1. The number of anilines is 1. The van der Waals surface area contributed by atoms with Crippen molar-refractivity contribution in [1.29, 1.82) is 0 Å². The first kappa shape index (κ1) is 14.5. The maximum Gasteiger partial charge on any atom is 0.141 e. The molecule has 1 N–H and O–H groups in total. The van der Waals surface area contributed by atoms with E-state index in [1.165, 1.54) is 5.56 Å². The van der Waals surface area contributed by atoms with Gasteiger partial charge in [0.15, 0.2) is 0 Å². The Bertz CT molecular complexity index is 553. The highest BCUT2D eigenvalue weighted by molar-refractivity contribution is 5.59. The van der Waals surface area contributed by atoms with Crippen LogP contribution in [0.15, 0.2) is 41.0 Å². The number of hydrogen-bond donors (Lipinski definition) is 1. The zero-order valence-corrected chi connectivity index (χ0v) is 12.9. The lowest BCUT2D eigenvalue weighted by Gasteiger charge is -2.22. The van der Waals surface area contributed by atoms with Gasteiger partial charge >= 0.3 is 0 Å². The summed E-state index contributed by atoms with van der Waals surface area (Å²) in [5, 5.41) is 3.46. The smallest absolute Gasteiger partial charge is 0.141 e.